The third-order valence-electron chi connectivity index (χ3n) is 6.30. The van der Waals surface area contributed by atoms with Crippen LogP contribution in [0.5, 0.6) is 11.5 Å². The third kappa shape index (κ3) is 5.77. The number of aromatic nitrogens is 1. The Balaban J connectivity index is 1.56. The molecule has 4 N–H and O–H groups in total. The Hall–Kier alpha value is -4.27. The number of carbonyl (C=O) groups excluding carboxylic acids is 1. The summed E-state index contributed by atoms with van der Waals surface area (Å²) in [6.45, 7) is 5.42. The van der Waals surface area contributed by atoms with E-state index in [1.165, 1.54) is 19.1 Å². The quantitative estimate of drug-likeness (QED) is 0.236. The number of aliphatic carboxylic acids is 1. The summed E-state index contributed by atoms with van der Waals surface area (Å²) in [6.07, 6.45) is 3.11. The zero-order valence-electron chi connectivity index (χ0n) is 21.0. The molecule has 0 spiro atoms. The fraction of sp³-hybridized carbons (Fsp3) is 0.321. The van der Waals surface area contributed by atoms with E-state index in [9.17, 15) is 24.6 Å². The number of ether oxygens (including phenoxy) is 1. The molecule has 9 nitrogen and oxygen atoms in total. The smallest absolute Gasteiger partial charge is 0.336 e. The van der Waals surface area contributed by atoms with Gasteiger partial charge in [-0.05, 0) is 73.7 Å². The van der Waals surface area contributed by atoms with Crippen molar-refractivity contribution in [3.05, 3.63) is 69.7 Å². The van der Waals surface area contributed by atoms with Gasteiger partial charge < -0.3 is 29.7 Å². The number of unbranched alkanes of at least 4 members (excludes halogenated alkanes) is 1. The van der Waals surface area contributed by atoms with Crippen molar-refractivity contribution in [2.75, 3.05) is 0 Å². The van der Waals surface area contributed by atoms with Crippen LogP contribution in [0.15, 0.2) is 51.8 Å². The van der Waals surface area contributed by atoms with Crippen molar-refractivity contribution < 1.29 is 29.0 Å². The predicted molar refractivity (Wildman–Crippen MR) is 139 cm³/mol. The zero-order valence-corrected chi connectivity index (χ0v) is 21.0. The van der Waals surface area contributed by atoms with Crippen LogP contribution >= 0.6 is 0 Å². The van der Waals surface area contributed by atoms with Gasteiger partial charge in [0.1, 0.15) is 23.1 Å². The molecule has 0 bridgehead atoms. The second-order valence-corrected chi connectivity index (χ2v) is 9.24. The van der Waals surface area contributed by atoms with E-state index < -0.39 is 29.6 Å². The van der Waals surface area contributed by atoms with E-state index in [4.69, 9.17) is 9.15 Å². The van der Waals surface area contributed by atoms with Gasteiger partial charge in [0.2, 0.25) is 0 Å². The first-order chi connectivity index (χ1) is 17.7. The number of H-pyrrole nitrogens is 1. The van der Waals surface area contributed by atoms with Gasteiger partial charge >= 0.3 is 11.6 Å². The summed E-state index contributed by atoms with van der Waals surface area (Å²) in [4.78, 5) is 40.1. The maximum absolute atomic E-state index is 13.0. The number of nitrogens with one attached hydrogen (secondary N) is 2. The number of phenols is 1. The first-order valence-corrected chi connectivity index (χ1v) is 12.2. The molecule has 0 aliphatic carbocycles. The van der Waals surface area contributed by atoms with Crippen LogP contribution in [-0.2, 0) is 22.4 Å². The van der Waals surface area contributed by atoms with Crippen molar-refractivity contribution in [1.29, 1.82) is 0 Å². The Morgan fingerprint density at radius 2 is 1.95 bits per heavy atom. The maximum Gasteiger partial charge on any atom is 0.336 e. The number of carboxylic acid groups (broad SMARTS) is 1. The summed E-state index contributed by atoms with van der Waals surface area (Å²) in [7, 11) is 0. The molecule has 2 atom stereocenters. The van der Waals surface area contributed by atoms with Gasteiger partial charge in [-0.3, -0.25) is 4.79 Å². The largest absolute Gasteiger partial charge is 0.508 e. The lowest BCUT2D eigenvalue weighted by atomic mass is 10.0. The number of rotatable bonds is 10. The number of amides is 1. The Labute approximate surface area is 213 Å². The van der Waals surface area contributed by atoms with Crippen LogP contribution in [0.3, 0.4) is 0 Å². The van der Waals surface area contributed by atoms with Crippen LogP contribution < -0.4 is 15.7 Å². The molecule has 0 aliphatic heterocycles. The van der Waals surface area contributed by atoms with Crippen LogP contribution in [0, 0.1) is 6.92 Å². The summed E-state index contributed by atoms with van der Waals surface area (Å²) >= 11 is 0. The first-order valence-electron chi connectivity index (χ1n) is 12.2. The third-order valence-corrected chi connectivity index (χ3v) is 6.30. The molecule has 37 heavy (non-hydrogen) atoms. The number of carboxylic acids is 1. The topological polar surface area (TPSA) is 142 Å². The molecule has 0 saturated carbocycles. The van der Waals surface area contributed by atoms with Gasteiger partial charge in [-0.15, -0.1) is 0 Å². The predicted octanol–water partition coefficient (Wildman–Crippen LogP) is 4.21. The average Bonchev–Trinajstić information content (AvgIpc) is 3.22. The standard InChI is InChI=1S/C28H30N2O7/c1-4-5-6-17-12-25(32)37-24-10-15(2)9-23(26(17)24)36-16(3)27(33)30-22(28(34)35)11-18-14-29-21-8-7-19(31)13-20(18)21/h7-10,12-14,16,22,29,31H,4-6,11H2,1-3H3,(H,30,33)(H,34,35)/t16-,22+/m1/s1. The van der Waals surface area contributed by atoms with E-state index in [1.54, 1.807) is 30.5 Å². The number of hydrogen-bond acceptors (Lipinski definition) is 6. The van der Waals surface area contributed by atoms with Crippen LogP contribution in [0.25, 0.3) is 21.9 Å². The Kier molecular flexibility index (Phi) is 7.52. The van der Waals surface area contributed by atoms with Crippen molar-refractivity contribution in [2.45, 2.75) is 58.6 Å². The maximum atomic E-state index is 13.0. The summed E-state index contributed by atoms with van der Waals surface area (Å²) in [5.74, 6) is -1.34. The molecule has 2 aromatic carbocycles. The molecule has 0 saturated heterocycles. The van der Waals surface area contributed by atoms with Crippen LogP contribution in [0.1, 0.15) is 43.4 Å². The highest BCUT2D eigenvalue weighted by Crippen LogP contribution is 2.31. The SMILES string of the molecule is CCCCc1cc(=O)oc2cc(C)cc(O[C@H](C)C(=O)N[C@@H](Cc3c[nH]c4ccc(O)cc34)C(=O)O)c12. The van der Waals surface area contributed by atoms with E-state index in [0.29, 0.717) is 34.1 Å². The minimum Gasteiger partial charge on any atom is -0.508 e. The van der Waals surface area contributed by atoms with Crippen LogP contribution in [-0.4, -0.2) is 39.2 Å². The van der Waals surface area contributed by atoms with E-state index >= 15 is 0 Å². The van der Waals surface area contributed by atoms with Gasteiger partial charge in [0.25, 0.3) is 5.91 Å². The van der Waals surface area contributed by atoms with Crippen LogP contribution in [0.2, 0.25) is 0 Å². The average molecular weight is 507 g/mol. The first kappa shape index (κ1) is 25.8. The minimum absolute atomic E-state index is 0.0109. The highest BCUT2D eigenvalue weighted by Gasteiger charge is 2.26. The summed E-state index contributed by atoms with van der Waals surface area (Å²) in [5, 5.41) is 23.5. The fourth-order valence-corrected chi connectivity index (χ4v) is 4.42. The highest BCUT2D eigenvalue weighted by atomic mass is 16.5. The number of phenolic OH excluding ortho intramolecular Hbond substituents is 1. The molecule has 0 radical (unpaired) electrons. The molecule has 2 heterocycles. The lowest BCUT2D eigenvalue weighted by Crippen LogP contribution is -2.47. The molecular weight excluding hydrogens is 476 g/mol. The van der Waals surface area contributed by atoms with Gasteiger partial charge in [0, 0.05) is 29.6 Å². The van der Waals surface area contributed by atoms with Crippen molar-refractivity contribution in [3.63, 3.8) is 0 Å². The van der Waals surface area contributed by atoms with Crippen molar-refractivity contribution in [3.8, 4) is 11.5 Å². The number of hydrogen-bond donors (Lipinski definition) is 4. The van der Waals surface area contributed by atoms with Crippen LogP contribution in [0.4, 0.5) is 0 Å². The lowest BCUT2D eigenvalue weighted by molar-refractivity contribution is -0.142. The number of carbonyl (C=O) groups is 2. The fourth-order valence-electron chi connectivity index (χ4n) is 4.42. The monoisotopic (exact) mass is 506 g/mol. The second-order valence-electron chi connectivity index (χ2n) is 9.24. The number of fused-ring (bicyclic) bond motifs is 2. The van der Waals surface area contributed by atoms with Crippen molar-refractivity contribution in [2.24, 2.45) is 0 Å². The Bertz CT molecular complexity index is 1520. The summed E-state index contributed by atoms with van der Waals surface area (Å²) in [6, 6.07) is 8.54. The molecule has 194 valence electrons. The molecule has 1 amide bonds. The molecular formula is C28H30N2O7. The van der Waals surface area contributed by atoms with Gasteiger partial charge in [0.15, 0.2) is 6.10 Å². The summed E-state index contributed by atoms with van der Waals surface area (Å²) in [5.41, 5.74) is 2.89. The van der Waals surface area contributed by atoms with Gasteiger partial charge in [-0.2, -0.15) is 0 Å². The van der Waals surface area contributed by atoms with Crippen molar-refractivity contribution in [1.82, 2.24) is 10.3 Å². The molecule has 9 heteroatoms. The highest BCUT2D eigenvalue weighted by molar-refractivity contribution is 5.90. The second kappa shape index (κ2) is 10.8. The van der Waals surface area contributed by atoms with E-state index in [2.05, 4.69) is 17.2 Å². The molecule has 0 fully saturated rings. The normalized spacial score (nSPS) is 12.9. The molecule has 0 unspecified atom stereocenters. The van der Waals surface area contributed by atoms with E-state index in [-0.39, 0.29) is 12.2 Å². The molecule has 4 rings (SSSR count). The van der Waals surface area contributed by atoms with Gasteiger partial charge in [0.05, 0.1) is 5.39 Å². The van der Waals surface area contributed by atoms with Crippen molar-refractivity contribution >= 4 is 33.7 Å². The molecule has 2 aromatic heterocycles. The van der Waals surface area contributed by atoms with E-state index in [1.807, 2.05) is 6.92 Å². The molecule has 4 aromatic rings. The summed E-state index contributed by atoms with van der Waals surface area (Å²) < 4.78 is 11.4. The van der Waals surface area contributed by atoms with Gasteiger partial charge in [-0.25, -0.2) is 9.59 Å². The molecule has 0 aliphatic rings. The Morgan fingerprint density at radius 3 is 2.68 bits per heavy atom. The minimum atomic E-state index is -1.22. The Morgan fingerprint density at radius 1 is 1.16 bits per heavy atom. The number of aromatic amines is 1. The van der Waals surface area contributed by atoms with Gasteiger partial charge in [-0.1, -0.05) is 13.3 Å². The zero-order chi connectivity index (χ0) is 26.7. The van der Waals surface area contributed by atoms with E-state index in [0.717, 1.165) is 29.5 Å². The number of benzene rings is 2. The number of aromatic hydroxyl groups is 1. The number of aryl methyl sites for hydroxylation is 2. The lowest BCUT2D eigenvalue weighted by Gasteiger charge is -2.20.